The van der Waals surface area contributed by atoms with E-state index in [1.807, 2.05) is 0 Å². The van der Waals surface area contributed by atoms with Crippen molar-refractivity contribution in [3.8, 4) is 0 Å². The first-order chi connectivity index (χ1) is 8.90. The number of esters is 1. The summed E-state index contributed by atoms with van der Waals surface area (Å²) in [7, 11) is 0. The third-order valence-electron chi connectivity index (χ3n) is 6.51. The van der Waals surface area contributed by atoms with Crippen molar-refractivity contribution in [3.05, 3.63) is 11.6 Å². The molecule has 2 saturated carbocycles. The lowest BCUT2D eigenvalue weighted by molar-refractivity contribution is -0.143. The Kier molecular flexibility index (Phi) is 2.85. The second-order valence-electron chi connectivity index (χ2n) is 7.40. The molecule has 2 heteroatoms. The summed E-state index contributed by atoms with van der Waals surface area (Å²) in [4.78, 5) is 11.1. The van der Waals surface area contributed by atoms with Crippen molar-refractivity contribution < 1.29 is 9.53 Å². The van der Waals surface area contributed by atoms with Crippen LogP contribution in [0.15, 0.2) is 11.6 Å². The number of hydrogen-bond donors (Lipinski definition) is 0. The first-order valence-electron chi connectivity index (χ1n) is 7.73. The Labute approximate surface area is 116 Å². The Morgan fingerprint density at radius 2 is 2.16 bits per heavy atom. The van der Waals surface area contributed by atoms with E-state index >= 15 is 0 Å². The Balaban J connectivity index is 1.86. The van der Waals surface area contributed by atoms with Gasteiger partial charge < -0.3 is 4.74 Å². The van der Waals surface area contributed by atoms with Gasteiger partial charge in [0.25, 0.3) is 0 Å². The van der Waals surface area contributed by atoms with Crippen LogP contribution >= 0.6 is 0 Å². The smallest absolute Gasteiger partial charge is 0.302 e. The van der Waals surface area contributed by atoms with Gasteiger partial charge in [-0.1, -0.05) is 32.4 Å². The minimum atomic E-state index is -0.137. The third-order valence-corrected chi connectivity index (χ3v) is 6.51. The van der Waals surface area contributed by atoms with E-state index < -0.39 is 0 Å². The molecule has 0 aromatic heterocycles. The summed E-state index contributed by atoms with van der Waals surface area (Å²) in [5.74, 6) is 2.10. The van der Waals surface area contributed by atoms with Crippen LogP contribution in [-0.4, -0.2) is 12.6 Å². The van der Waals surface area contributed by atoms with Gasteiger partial charge in [0.2, 0.25) is 0 Å². The van der Waals surface area contributed by atoms with Gasteiger partial charge in [0.1, 0.15) is 0 Å². The lowest BCUT2D eigenvalue weighted by Gasteiger charge is -2.45. The van der Waals surface area contributed by atoms with Crippen LogP contribution in [0, 0.1) is 28.6 Å². The van der Waals surface area contributed by atoms with Gasteiger partial charge in [0, 0.05) is 12.3 Å². The van der Waals surface area contributed by atoms with E-state index in [0.29, 0.717) is 12.0 Å². The van der Waals surface area contributed by atoms with Crippen LogP contribution in [-0.2, 0) is 9.53 Å². The molecule has 5 atom stereocenters. The minimum absolute atomic E-state index is 0.137. The van der Waals surface area contributed by atoms with Crippen LogP contribution in [0.25, 0.3) is 0 Å². The van der Waals surface area contributed by atoms with Crippen LogP contribution in [0.4, 0.5) is 0 Å². The molecule has 2 nitrogen and oxygen atoms in total. The standard InChI is InChI=1S/C17H26O2/c1-11-6-5-7-13-8-9-14-15(17(11,13)4)16(14,3)10-19-12(2)18/h7,11,14-15H,5-6,8-10H2,1-4H3. The van der Waals surface area contributed by atoms with Crippen LogP contribution in [0.5, 0.6) is 0 Å². The van der Waals surface area contributed by atoms with Gasteiger partial charge in [-0.2, -0.15) is 0 Å². The second-order valence-corrected chi connectivity index (χ2v) is 7.40. The largest absolute Gasteiger partial charge is 0.465 e. The number of carbonyl (C=O) groups excluding carboxylic acids is 1. The van der Waals surface area contributed by atoms with Crippen LogP contribution in [0.1, 0.15) is 53.4 Å². The molecule has 3 aliphatic rings. The molecule has 0 aromatic carbocycles. The number of rotatable bonds is 2. The first-order valence-corrected chi connectivity index (χ1v) is 7.73. The van der Waals surface area contributed by atoms with E-state index in [-0.39, 0.29) is 11.4 Å². The van der Waals surface area contributed by atoms with E-state index in [4.69, 9.17) is 4.74 Å². The Morgan fingerprint density at radius 3 is 2.84 bits per heavy atom. The highest BCUT2D eigenvalue weighted by molar-refractivity contribution is 5.66. The number of fused-ring (bicyclic) bond motifs is 3. The summed E-state index contributed by atoms with van der Waals surface area (Å²) in [6.07, 6.45) is 7.62. The molecular formula is C17H26O2. The van der Waals surface area contributed by atoms with Gasteiger partial charge in [0.05, 0.1) is 6.61 Å². The molecule has 0 N–H and O–H groups in total. The third kappa shape index (κ3) is 1.71. The topological polar surface area (TPSA) is 26.3 Å². The molecule has 3 aliphatic carbocycles. The fraction of sp³-hybridized carbons (Fsp3) is 0.824. The molecule has 3 rings (SSSR count). The molecule has 0 radical (unpaired) electrons. The second kappa shape index (κ2) is 4.10. The zero-order valence-corrected chi connectivity index (χ0v) is 12.7. The average Bonchev–Trinajstić information content (AvgIpc) is 2.96. The van der Waals surface area contributed by atoms with E-state index in [2.05, 4.69) is 26.8 Å². The Morgan fingerprint density at radius 1 is 1.42 bits per heavy atom. The number of carbonyl (C=O) groups is 1. The molecule has 0 aromatic rings. The number of ether oxygens (including phenoxy) is 1. The van der Waals surface area contributed by atoms with Gasteiger partial charge in [-0.25, -0.2) is 0 Å². The summed E-state index contributed by atoms with van der Waals surface area (Å²) in [6.45, 7) is 9.36. The molecule has 5 unspecified atom stereocenters. The van der Waals surface area contributed by atoms with E-state index in [9.17, 15) is 4.79 Å². The zero-order valence-electron chi connectivity index (χ0n) is 12.7. The maximum absolute atomic E-state index is 11.1. The molecule has 106 valence electrons. The summed E-state index contributed by atoms with van der Waals surface area (Å²) in [5, 5.41) is 0. The molecule has 0 aliphatic heterocycles. The number of hydrogen-bond acceptors (Lipinski definition) is 2. The fourth-order valence-corrected chi connectivity index (χ4v) is 5.25. The molecule has 0 amide bonds. The lowest BCUT2D eigenvalue weighted by atomic mass is 9.60. The summed E-state index contributed by atoms with van der Waals surface area (Å²) < 4.78 is 5.36. The van der Waals surface area contributed by atoms with E-state index in [0.717, 1.165) is 17.8 Å². The van der Waals surface area contributed by atoms with Gasteiger partial charge in [-0.3, -0.25) is 4.79 Å². The van der Waals surface area contributed by atoms with Gasteiger partial charge in [0.15, 0.2) is 0 Å². The SMILES string of the molecule is CC(=O)OCC1(C)C2CCC3=CCCC(C)C3(C)C21. The maximum atomic E-state index is 11.1. The van der Waals surface area contributed by atoms with Crippen molar-refractivity contribution in [3.63, 3.8) is 0 Å². The van der Waals surface area contributed by atoms with Crippen molar-refractivity contribution in [2.45, 2.75) is 53.4 Å². The molecule has 0 saturated heterocycles. The average molecular weight is 262 g/mol. The first kappa shape index (κ1) is 13.2. The van der Waals surface area contributed by atoms with Crippen molar-refractivity contribution in [1.82, 2.24) is 0 Å². The van der Waals surface area contributed by atoms with Gasteiger partial charge in [-0.05, 0) is 48.9 Å². The predicted octanol–water partition coefficient (Wildman–Crippen LogP) is 3.96. The normalized spacial score (nSPS) is 47.8. The van der Waals surface area contributed by atoms with E-state index in [1.165, 1.54) is 32.6 Å². The van der Waals surface area contributed by atoms with Crippen molar-refractivity contribution >= 4 is 5.97 Å². The Bertz CT molecular complexity index is 439. The van der Waals surface area contributed by atoms with Crippen molar-refractivity contribution in [1.29, 1.82) is 0 Å². The van der Waals surface area contributed by atoms with Gasteiger partial charge >= 0.3 is 5.97 Å². The molecular weight excluding hydrogens is 236 g/mol. The summed E-state index contributed by atoms with van der Waals surface area (Å²) >= 11 is 0. The monoisotopic (exact) mass is 262 g/mol. The highest BCUT2D eigenvalue weighted by Crippen LogP contribution is 2.75. The highest BCUT2D eigenvalue weighted by atomic mass is 16.5. The number of allylic oxidation sites excluding steroid dienone is 2. The quantitative estimate of drug-likeness (QED) is 0.556. The lowest BCUT2D eigenvalue weighted by Crippen LogP contribution is -2.36. The molecule has 2 fully saturated rings. The minimum Gasteiger partial charge on any atom is -0.465 e. The molecule has 0 bridgehead atoms. The van der Waals surface area contributed by atoms with Crippen molar-refractivity contribution in [2.75, 3.05) is 6.61 Å². The molecule has 19 heavy (non-hydrogen) atoms. The van der Waals surface area contributed by atoms with Gasteiger partial charge in [-0.15, -0.1) is 0 Å². The maximum Gasteiger partial charge on any atom is 0.302 e. The van der Waals surface area contributed by atoms with Crippen molar-refractivity contribution in [2.24, 2.45) is 28.6 Å². The fourth-order valence-electron chi connectivity index (χ4n) is 5.25. The summed E-state index contributed by atoms with van der Waals surface area (Å²) in [5.41, 5.74) is 2.27. The zero-order chi connectivity index (χ0) is 13.8. The van der Waals surface area contributed by atoms with Crippen LogP contribution < -0.4 is 0 Å². The highest BCUT2D eigenvalue weighted by Gasteiger charge is 2.71. The van der Waals surface area contributed by atoms with E-state index in [1.54, 1.807) is 5.57 Å². The molecule has 0 heterocycles. The molecule has 0 spiro atoms. The van der Waals surface area contributed by atoms with Crippen LogP contribution in [0.2, 0.25) is 0 Å². The Hall–Kier alpha value is -0.790. The summed E-state index contributed by atoms with van der Waals surface area (Å²) in [6, 6.07) is 0. The predicted molar refractivity (Wildman–Crippen MR) is 75.5 cm³/mol. The van der Waals surface area contributed by atoms with Crippen LogP contribution in [0.3, 0.4) is 0 Å².